The van der Waals surface area contributed by atoms with Crippen LogP contribution < -0.4 is 0 Å². The van der Waals surface area contributed by atoms with Gasteiger partial charge < -0.3 is 4.90 Å². The summed E-state index contributed by atoms with van der Waals surface area (Å²) in [5.41, 5.74) is 2.96. The molecular weight excluding hydrogens is 198 g/mol. The van der Waals surface area contributed by atoms with E-state index in [0.29, 0.717) is 5.70 Å². The molecule has 1 aromatic rings. The lowest BCUT2D eigenvalue weighted by Gasteiger charge is -2.33. The number of nitrogens with zero attached hydrogens (tertiary/aromatic N) is 3. The highest BCUT2D eigenvalue weighted by molar-refractivity contribution is 5.73. The van der Waals surface area contributed by atoms with Crippen LogP contribution in [0.1, 0.15) is 17.2 Å². The second-order valence-electron chi connectivity index (χ2n) is 3.73. The monoisotopic (exact) mass is 207 g/mol. The van der Waals surface area contributed by atoms with Crippen LogP contribution >= 0.6 is 0 Å². The van der Waals surface area contributed by atoms with Gasteiger partial charge in [-0.15, -0.1) is 0 Å². The van der Waals surface area contributed by atoms with E-state index in [0.717, 1.165) is 5.56 Å². The molecule has 3 rings (SSSR count). The van der Waals surface area contributed by atoms with Crippen molar-refractivity contribution >= 4 is 12.4 Å². The normalized spacial score (nSPS) is 20.8. The zero-order valence-corrected chi connectivity index (χ0v) is 8.54. The molecule has 0 aliphatic carbocycles. The van der Waals surface area contributed by atoms with Crippen molar-refractivity contribution in [2.24, 2.45) is 4.99 Å². The maximum Gasteiger partial charge on any atom is 0.122 e. The topological polar surface area (TPSA) is 39.4 Å². The van der Waals surface area contributed by atoms with Crippen LogP contribution in [0.2, 0.25) is 0 Å². The Labute approximate surface area is 93.6 Å². The van der Waals surface area contributed by atoms with Crippen molar-refractivity contribution in [3.63, 3.8) is 0 Å². The lowest BCUT2D eigenvalue weighted by Crippen LogP contribution is -2.29. The smallest absolute Gasteiger partial charge is 0.122 e. The van der Waals surface area contributed by atoms with Crippen molar-refractivity contribution in [1.29, 1.82) is 5.26 Å². The van der Waals surface area contributed by atoms with Crippen LogP contribution in [-0.2, 0) is 0 Å². The Balaban J connectivity index is 2.22. The predicted octanol–water partition coefficient (Wildman–Crippen LogP) is 2.46. The predicted molar refractivity (Wildman–Crippen MR) is 62.2 cm³/mol. The Hall–Kier alpha value is -2.34. The van der Waals surface area contributed by atoms with Crippen molar-refractivity contribution in [3.05, 3.63) is 53.4 Å². The quantitative estimate of drug-likeness (QED) is 0.655. The van der Waals surface area contributed by atoms with Crippen molar-refractivity contribution in [2.75, 3.05) is 0 Å². The van der Waals surface area contributed by atoms with Gasteiger partial charge in [-0.1, -0.05) is 24.3 Å². The minimum absolute atomic E-state index is 0.105. The molecule has 2 heterocycles. The SMILES string of the molecule is N#CC1=Cc2ccccc2C2C=CN=CN12. The van der Waals surface area contributed by atoms with Crippen molar-refractivity contribution in [2.45, 2.75) is 6.04 Å². The molecule has 3 heteroatoms. The summed E-state index contributed by atoms with van der Waals surface area (Å²) >= 11 is 0. The number of benzene rings is 1. The first-order chi connectivity index (χ1) is 7.90. The first-order valence-corrected chi connectivity index (χ1v) is 5.09. The van der Waals surface area contributed by atoms with E-state index in [9.17, 15) is 0 Å². The molecule has 1 unspecified atom stereocenters. The zero-order valence-electron chi connectivity index (χ0n) is 8.54. The molecule has 1 atom stereocenters. The summed E-state index contributed by atoms with van der Waals surface area (Å²) < 4.78 is 0. The van der Waals surface area contributed by atoms with Gasteiger partial charge in [0.05, 0.1) is 12.4 Å². The van der Waals surface area contributed by atoms with Gasteiger partial charge in [-0.3, -0.25) is 0 Å². The Morgan fingerprint density at radius 3 is 3.06 bits per heavy atom. The highest BCUT2D eigenvalue weighted by atomic mass is 15.2. The van der Waals surface area contributed by atoms with E-state index in [4.69, 9.17) is 5.26 Å². The van der Waals surface area contributed by atoms with Crippen LogP contribution in [0.25, 0.3) is 6.08 Å². The number of aliphatic imine (C=N–C) groups is 1. The molecular formula is C13H9N3. The fourth-order valence-electron chi connectivity index (χ4n) is 2.10. The third-order valence-electron chi connectivity index (χ3n) is 2.84. The lowest BCUT2D eigenvalue weighted by molar-refractivity contribution is 0.464. The van der Waals surface area contributed by atoms with Gasteiger partial charge in [-0.05, 0) is 23.3 Å². The van der Waals surface area contributed by atoms with Crippen molar-refractivity contribution < 1.29 is 0 Å². The molecule has 0 aromatic heterocycles. The van der Waals surface area contributed by atoms with Gasteiger partial charge in [0.15, 0.2) is 0 Å². The van der Waals surface area contributed by atoms with Crippen LogP contribution in [0, 0.1) is 11.3 Å². The Bertz CT molecular complexity index is 561. The van der Waals surface area contributed by atoms with Crippen molar-refractivity contribution in [3.8, 4) is 6.07 Å². The molecule has 3 nitrogen and oxygen atoms in total. The molecule has 0 saturated heterocycles. The van der Waals surface area contributed by atoms with Gasteiger partial charge >= 0.3 is 0 Å². The molecule has 2 aliphatic heterocycles. The molecule has 76 valence electrons. The van der Waals surface area contributed by atoms with Crippen LogP contribution in [0.15, 0.2) is 47.2 Å². The maximum atomic E-state index is 9.11. The van der Waals surface area contributed by atoms with Gasteiger partial charge in [-0.25, -0.2) is 4.99 Å². The first kappa shape index (κ1) is 8.93. The van der Waals surface area contributed by atoms with E-state index in [2.05, 4.69) is 17.1 Å². The third kappa shape index (κ3) is 1.17. The number of hydrogen-bond donors (Lipinski definition) is 0. The summed E-state index contributed by atoms with van der Waals surface area (Å²) in [6, 6.07) is 10.4. The summed E-state index contributed by atoms with van der Waals surface area (Å²) in [7, 11) is 0. The van der Waals surface area contributed by atoms with E-state index in [1.54, 1.807) is 12.5 Å². The first-order valence-electron chi connectivity index (χ1n) is 5.09. The van der Waals surface area contributed by atoms with Gasteiger partial charge in [0.1, 0.15) is 11.8 Å². The van der Waals surface area contributed by atoms with Crippen LogP contribution in [0.5, 0.6) is 0 Å². The summed E-state index contributed by atoms with van der Waals surface area (Å²) in [6.45, 7) is 0. The van der Waals surface area contributed by atoms with Crippen LogP contribution in [0.3, 0.4) is 0 Å². The van der Waals surface area contributed by atoms with E-state index in [1.165, 1.54) is 5.56 Å². The number of hydrogen-bond acceptors (Lipinski definition) is 3. The fourth-order valence-corrected chi connectivity index (χ4v) is 2.10. The zero-order chi connectivity index (χ0) is 11.0. The second kappa shape index (κ2) is 3.35. The van der Waals surface area contributed by atoms with Crippen LogP contribution in [-0.4, -0.2) is 11.2 Å². The number of rotatable bonds is 0. The van der Waals surface area contributed by atoms with Crippen molar-refractivity contribution in [1.82, 2.24) is 4.90 Å². The van der Waals surface area contributed by atoms with E-state index >= 15 is 0 Å². The molecule has 2 aliphatic rings. The number of allylic oxidation sites excluding steroid dienone is 1. The molecule has 0 spiro atoms. The standard InChI is InChI=1S/C13H9N3/c14-8-11-7-10-3-1-2-4-12(10)13-5-6-15-9-16(11)13/h1-7,9,13H. The van der Waals surface area contributed by atoms with E-state index in [1.807, 2.05) is 35.3 Å². The fraction of sp³-hybridized carbons (Fsp3) is 0.0769. The largest absolute Gasteiger partial charge is 0.312 e. The summed E-state index contributed by atoms with van der Waals surface area (Å²) in [5, 5.41) is 9.11. The van der Waals surface area contributed by atoms with E-state index < -0.39 is 0 Å². The number of nitriles is 1. The molecule has 0 amide bonds. The molecule has 1 aromatic carbocycles. The molecule has 0 radical (unpaired) electrons. The Morgan fingerprint density at radius 1 is 1.31 bits per heavy atom. The molecule has 0 fully saturated rings. The summed E-state index contributed by atoms with van der Waals surface area (Å²) in [5.74, 6) is 0. The Morgan fingerprint density at radius 2 is 2.19 bits per heavy atom. The highest BCUT2D eigenvalue weighted by Gasteiger charge is 2.26. The van der Waals surface area contributed by atoms with Gasteiger partial charge in [-0.2, -0.15) is 5.26 Å². The molecule has 0 bridgehead atoms. The Kier molecular flexibility index (Phi) is 1.87. The van der Waals surface area contributed by atoms with Gasteiger partial charge in [0.2, 0.25) is 0 Å². The maximum absolute atomic E-state index is 9.11. The van der Waals surface area contributed by atoms with Gasteiger partial charge in [0, 0.05) is 6.20 Å². The lowest BCUT2D eigenvalue weighted by atomic mass is 9.94. The van der Waals surface area contributed by atoms with E-state index in [-0.39, 0.29) is 6.04 Å². The summed E-state index contributed by atoms with van der Waals surface area (Å²) in [6.07, 6.45) is 7.38. The molecule has 0 N–H and O–H groups in total. The van der Waals surface area contributed by atoms with Gasteiger partial charge in [0.25, 0.3) is 0 Å². The number of fused-ring (bicyclic) bond motifs is 3. The average Bonchev–Trinajstić information content (AvgIpc) is 2.38. The molecule has 0 saturated carbocycles. The second-order valence-corrected chi connectivity index (χ2v) is 3.73. The minimum Gasteiger partial charge on any atom is -0.312 e. The third-order valence-corrected chi connectivity index (χ3v) is 2.84. The summed E-state index contributed by atoms with van der Waals surface area (Å²) in [4.78, 5) is 5.95. The van der Waals surface area contributed by atoms with Crippen LogP contribution in [0.4, 0.5) is 0 Å². The average molecular weight is 207 g/mol. The molecule has 16 heavy (non-hydrogen) atoms. The highest BCUT2D eigenvalue weighted by Crippen LogP contribution is 2.34. The minimum atomic E-state index is 0.105.